The number of rotatable bonds is 7. The molecule has 0 aliphatic heterocycles. The Labute approximate surface area is 193 Å². The molecule has 0 radical (unpaired) electrons. The number of halogens is 1. The SMILES string of the molecule is CNc1nc(NCc2ccc(NC(=O)c3ccc(Cl)nc3)cc2)c2cc([N+](=O)[O-])ccc2n1. The van der Waals surface area contributed by atoms with Crippen LogP contribution in [0.1, 0.15) is 15.9 Å². The lowest BCUT2D eigenvalue weighted by Gasteiger charge is -2.11. The van der Waals surface area contributed by atoms with E-state index in [2.05, 4.69) is 30.9 Å². The molecule has 33 heavy (non-hydrogen) atoms. The summed E-state index contributed by atoms with van der Waals surface area (Å²) in [4.78, 5) is 35.7. The van der Waals surface area contributed by atoms with E-state index in [-0.39, 0.29) is 11.6 Å². The van der Waals surface area contributed by atoms with Gasteiger partial charge in [-0.05, 0) is 35.9 Å². The summed E-state index contributed by atoms with van der Waals surface area (Å²) < 4.78 is 0. The molecule has 2 heterocycles. The molecule has 2 aromatic carbocycles. The van der Waals surface area contributed by atoms with Gasteiger partial charge in [0.25, 0.3) is 11.6 Å². The molecule has 1 amide bonds. The van der Waals surface area contributed by atoms with Crippen LogP contribution in [0.25, 0.3) is 10.9 Å². The van der Waals surface area contributed by atoms with Crippen LogP contribution in [0.3, 0.4) is 0 Å². The van der Waals surface area contributed by atoms with Crippen molar-refractivity contribution < 1.29 is 9.72 Å². The predicted octanol–water partition coefficient (Wildman–Crippen LogP) is 4.49. The molecule has 166 valence electrons. The minimum Gasteiger partial charge on any atom is -0.365 e. The van der Waals surface area contributed by atoms with E-state index >= 15 is 0 Å². The highest BCUT2D eigenvalue weighted by molar-refractivity contribution is 6.29. The molecule has 4 rings (SSSR count). The van der Waals surface area contributed by atoms with Gasteiger partial charge in [-0.15, -0.1) is 0 Å². The van der Waals surface area contributed by atoms with E-state index in [1.165, 1.54) is 18.3 Å². The number of aromatic nitrogens is 3. The summed E-state index contributed by atoms with van der Waals surface area (Å²) in [5.41, 5.74) is 2.48. The highest BCUT2D eigenvalue weighted by atomic mass is 35.5. The molecule has 0 spiro atoms. The Morgan fingerprint density at radius 3 is 2.55 bits per heavy atom. The van der Waals surface area contributed by atoms with E-state index in [0.29, 0.717) is 45.6 Å². The monoisotopic (exact) mass is 463 g/mol. The Balaban J connectivity index is 1.48. The molecule has 0 bridgehead atoms. The molecule has 0 aliphatic rings. The number of carbonyl (C=O) groups is 1. The Kier molecular flexibility index (Phi) is 6.27. The van der Waals surface area contributed by atoms with Crippen LogP contribution in [0.15, 0.2) is 60.8 Å². The van der Waals surface area contributed by atoms with E-state index < -0.39 is 4.92 Å². The largest absolute Gasteiger partial charge is 0.365 e. The first-order chi connectivity index (χ1) is 15.9. The van der Waals surface area contributed by atoms with Gasteiger partial charge in [0.1, 0.15) is 11.0 Å². The van der Waals surface area contributed by atoms with E-state index in [1.807, 2.05) is 12.1 Å². The zero-order valence-electron chi connectivity index (χ0n) is 17.4. The number of nitro benzene ring substituents is 1. The minimum atomic E-state index is -0.456. The van der Waals surface area contributed by atoms with Crippen molar-refractivity contribution in [3.05, 3.63) is 87.2 Å². The lowest BCUT2D eigenvalue weighted by Crippen LogP contribution is -2.12. The molecule has 0 saturated carbocycles. The van der Waals surface area contributed by atoms with Crippen molar-refractivity contribution in [2.24, 2.45) is 0 Å². The van der Waals surface area contributed by atoms with Gasteiger partial charge in [-0.1, -0.05) is 23.7 Å². The van der Waals surface area contributed by atoms with Crippen molar-refractivity contribution in [3.8, 4) is 0 Å². The van der Waals surface area contributed by atoms with Crippen LogP contribution in [0, 0.1) is 10.1 Å². The summed E-state index contributed by atoms with van der Waals surface area (Å²) in [5, 5.41) is 20.9. The number of nitrogens with one attached hydrogen (secondary N) is 3. The van der Waals surface area contributed by atoms with Crippen molar-refractivity contribution in [1.82, 2.24) is 15.0 Å². The number of amides is 1. The maximum Gasteiger partial charge on any atom is 0.270 e. The van der Waals surface area contributed by atoms with Gasteiger partial charge in [0.05, 0.1) is 16.0 Å². The van der Waals surface area contributed by atoms with E-state index in [9.17, 15) is 14.9 Å². The number of non-ortho nitro benzene ring substituents is 1. The summed E-state index contributed by atoms with van der Waals surface area (Å²) in [6.07, 6.45) is 1.41. The molecule has 0 unspecified atom stereocenters. The third kappa shape index (κ3) is 5.13. The maximum atomic E-state index is 12.3. The van der Waals surface area contributed by atoms with Gasteiger partial charge >= 0.3 is 0 Å². The minimum absolute atomic E-state index is 0.0395. The molecule has 10 nitrogen and oxygen atoms in total. The first-order valence-corrected chi connectivity index (χ1v) is 10.2. The Morgan fingerprint density at radius 1 is 1.09 bits per heavy atom. The number of hydrogen-bond donors (Lipinski definition) is 3. The second-order valence-electron chi connectivity index (χ2n) is 6.98. The normalized spacial score (nSPS) is 10.6. The average molecular weight is 464 g/mol. The summed E-state index contributed by atoms with van der Waals surface area (Å²) in [7, 11) is 1.70. The second-order valence-corrected chi connectivity index (χ2v) is 7.37. The fourth-order valence-corrected chi connectivity index (χ4v) is 3.19. The highest BCUT2D eigenvalue weighted by Crippen LogP contribution is 2.27. The van der Waals surface area contributed by atoms with Gasteiger partial charge < -0.3 is 16.0 Å². The molecule has 2 aromatic heterocycles. The smallest absolute Gasteiger partial charge is 0.270 e. The quantitative estimate of drug-likeness (QED) is 0.207. The number of anilines is 3. The first-order valence-electron chi connectivity index (χ1n) is 9.82. The zero-order chi connectivity index (χ0) is 23.4. The van der Waals surface area contributed by atoms with Crippen molar-refractivity contribution in [3.63, 3.8) is 0 Å². The van der Waals surface area contributed by atoms with E-state index in [4.69, 9.17) is 11.6 Å². The van der Waals surface area contributed by atoms with Crippen molar-refractivity contribution in [1.29, 1.82) is 0 Å². The summed E-state index contributed by atoms with van der Waals surface area (Å²) >= 11 is 5.75. The van der Waals surface area contributed by atoms with Crippen LogP contribution in [0.5, 0.6) is 0 Å². The molecule has 0 saturated heterocycles. The Hall–Kier alpha value is -4.31. The van der Waals surface area contributed by atoms with Gasteiger partial charge in [0.2, 0.25) is 5.95 Å². The Morgan fingerprint density at radius 2 is 1.88 bits per heavy atom. The molecular weight excluding hydrogens is 446 g/mol. The van der Waals surface area contributed by atoms with Crippen molar-refractivity contribution in [2.45, 2.75) is 6.54 Å². The summed E-state index contributed by atoms with van der Waals surface area (Å²) in [6, 6.07) is 14.9. The van der Waals surface area contributed by atoms with Gasteiger partial charge in [-0.2, -0.15) is 4.98 Å². The number of carbonyl (C=O) groups excluding carboxylic acids is 1. The Bertz CT molecular complexity index is 1330. The number of hydrogen-bond acceptors (Lipinski definition) is 8. The van der Waals surface area contributed by atoms with Gasteiger partial charge in [0, 0.05) is 43.0 Å². The number of benzene rings is 2. The fourth-order valence-electron chi connectivity index (χ4n) is 3.08. The van der Waals surface area contributed by atoms with Crippen LogP contribution >= 0.6 is 11.6 Å². The number of nitrogens with zero attached hydrogens (tertiary/aromatic N) is 4. The maximum absolute atomic E-state index is 12.3. The second kappa shape index (κ2) is 9.45. The van der Waals surface area contributed by atoms with Crippen molar-refractivity contribution in [2.75, 3.05) is 23.0 Å². The molecule has 0 atom stereocenters. The van der Waals surface area contributed by atoms with Crippen LogP contribution in [0.4, 0.5) is 23.1 Å². The number of pyridine rings is 1. The molecule has 4 aromatic rings. The lowest BCUT2D eigenvalue weighted by molar-refractivity contribution is -0.384. The molecule has 0 fully saturated rings. The summed E-state index contributed by atoms with van der Waals surface area (Å²) in [6.45, 7) is 0.410. The number of nitro groups is 1. The van der Waals surface area contributed by atoms with E-state index in [1.54, 1.807) is 37.4 Å². The zero-order valence-corrected chi connectivity index (χ0v) is 18.1. The topological polar surface area (TPSA) is 135 Å². The third-order valence-corrected chi connectivity index (χ3v) is 5.00. The summed E-state index contributed by atoms with van der Waals surface area (Å²) in [5.74, 6) is 0.577. The van der Waals surface area contributed by atoms with Gasteiger partial charge in [-0.3, -0.25) is 14.9 Å². The van der Waals surface area contributed by atoms with Crippen LogP contribution < -0.4 is 16.0 Å². The van der Waals surface area contributed by atoms with Gasteiger partial charge in [-0.25, -0.2) is 9.97 Å². The van der Waals surface area contributed by atoms with Crippen LogP contribution in [0.2, 0.25) is 5.15 Å². The molecular formula is C22H18ClN7O3. The highest BCUT2D eigenvalue weighted by Gasteiger charge is 2.13. The van der Waals surface area contributed by atoms with Crippen LogP contribution in [-0.2, 0) is 6.54 Å². The predicted molar refractivity (Wildman–Crippen MR) is 127 cm³/mol. The lowest BCUT2D eigenvalue weighted by atomic mass is 10.1. The molecule has 3 N–H and O–H groups in total. The van der Waals surface area contributed by atoms with E-state index in [0.717, 1.165) is 5.56 Å². The van der Waals surface area contributed by atoms with Crippen LogP contribution in [-0.4, -0.2) is 32.8 Å². The average Bonchev–Trinajstić information content (AvgIpc) is 2.83. The third-order valence-electron chi connectivity index (χ3n) is 4.78. The standard InChI is InChI=1S/C22H18ClN7O3/c1-24-22-28-18-8-7-16(30(32)33)10-17(18)20(29-22)26-11-13-2-5-15(6-3-13)27-21(31)14-4-9-19(23)25-12-14/h2-10,12H,11H2,1H3,(H,27,31)(H2,24,26,28,29). The van der Waals surface area contributed by atoms with Gasteiger partial charge in [0.15, 0.2) is 0 Å². The van der Waals surface area contributed by atoms with Crippen molar-refractivity contribution >= 4 is 51.6 Å². The first kappa shape index (κ1) is 21.9. The molecule has 11 heteroatoms. The fraction of sp³-hybridized carbons (Fsp3) is 0.0909. The number of fused-ring (bicyclic) bond motifs is 1. The molecule has 0 aliphatic carbocycles.